The van der Waals surface area contributed by atoms with Crippen molar-refractivity contribution < 1.29 is 40.3 Å². The molecule has 0 spiro atoms. The molecular weight excluding hydrogens is 877 g/mol. The van der Waals surface area contributed by atoms with Gasteiger partial charge in [0.2, 0.25) is 37.8 Å². The summed E-state index contributed by atoms with van der Waals surface area (Å²) < 4.78 is 63.4. The number of sulfonamides is 2. The number of rotatable bonds is 10. The van der Waals surface area contributed by atoms with Crippen LogP contribution in [0.5, 0.6) is 0 Å². The molecule has 4 N–H and O–H groups in total. The van der Waals surface area contributed by atoms with Crippen LogP contribution in [-0.4, -0.2) is 114 Å². The molecule has 21 heteroatoms. The Balaban J connectivity index is 0.000000177. The highest BCUT2D eigenvalue weighted by molar-refractivity contribution is 7.88. The van der Waals surface area contributed by atoms with Crippen molar-refractivity contribution in [3.63, 3.8) is 0 Å². The average Bonchev–Trinajstić information content (AvgIpc) is 4.10. The van der Waals surface area contributed by atoms with Gasteiger partial charge in [0, 0.05) is 62.2 Å². The van der Waals surface area contributed by atoms with Crippen molar-refractivity contribution in [3.8, 4) is 22.3 Å². The molecule has 0 saturated carbocycles. The Labute approximate surface area is 378 Å². The van der Waals surface area contributed by atoms with Crippen LogP contribution in [0, 0.1) is 27.7 Å². The predicted octanol–water partition coefficient (Wildman–Crippen LogP) is 4.87. The SMILES string of the molecule is Cc1noc(C)c1-c1ccc(NC2CCN(S(C)(=O)=O)CC2)c(NC(=O)[C@@H]2CCC(=O)N2)c1.Cc1noc(C)c1-c1ccc2c(c1)nc([C@@H]1CCC(=O)N1)n2C1CCN(S(C)(=O)=O)CC1. The predicted molar refractivity (Wildman–Crippen MR) is 244 cm³/mol. The third kappa shape index (κ3) is 9.97. The van der Waals surface area contributed by atoms with Crippen LogP contribution in [-0.2, 0) is 34.4 Å². The topological polar surface area (TPSA) is 244 Å². The molecule has 0 radical (unpaired) electrons. The van der Waals surface area contributed by atoms with Gasteiger partial charge >= 0.3 is 0 Å². The fraction of sp³-hybridized carbons (Fsp3) is 0.500. The molecule has 7 heterocycles. The third-order valence-corrected chi connectivity index (χ3v) is 15.4. The lowest BCUT2D eigenvalue weighted by Crippen LogP contribution is -2.42. The van der Waals surface area contributed by atoms with E-state index in [1.165, 1.54) is 21.1 Å². The summed E-state index contributed by atoms with van der Waals surface area (Å²) in [5.41, 5.74) is 8.44. The van der Waals surface area contributed by atoms with Crippen LogP contribution in [0.1, 0.15) is 92.2 Å². The van der Waals surface area contributed by atoms with Crippen molar-refractivity contribution in [2.24, 2.45) is 0 Å². The van der Waals surface area contributed by atoms with Crippen molar-refractivity contribution in [1.29, 1.82) is 0 Å². The number of aryl methyl sites for hydroxylation is 4. The van der Waals surface area contributed by atoms with Crippen molar-refractivity contribution in [2.45, 2.75) is 103 Å². The van der Waals surface area contributed by atoms with Gasteiger partial charge in [0.05, 0.1) is 52.3 Å². The number of benzene rings is 2. The van der Waals surface area contributed by atoms with Gasteiger partial charge in [0.25, 0.3) is 0 Å². The van der Waals surface area contributed by atoms with E-state index in [1.54, 1.807) is 0 Å². The number of nitrogens with zero attached hydrogens (tertiary/aromatic N) is 6. The zero-order valence-corrected chi connectivity index (χ0v) is 39.1. The van der Waals surface area contributed by atoms with Gasteiger partial charge in [-0.05, 0) is 102 Å². The van der Waals surface area contributed by atoms with Crippen LogP contribution in [0.15, 0.2) is 45.4 Å². The summed E-state index contributed by atoms with van der Waals surface area (Å²) in [6.07, 6.45) is 7.21. The van der Waals surface area contributed by atoms with E-state index in [4.69, 9.17) is 14.0 Å². The Kier molecular flexibility index (Phi) is 12.9. The maximum atomic E-state index is 12.8. The first-order valence-electron chi connectivity index (χ1n) is 21.9. The van der Waals surface area contributed by atoms with Crippen molar-refractivity contribution in [2.75, 3.05) is 49.3 Å². The smallest absolute Gasteiger partial charge is 0.247 e. The maximum Gasteiger partial charge on any atom is 0.247 e. The number of amides is 3. The molecule has 5 aromatic rings. The molecule has 4 saturated heterocycles. The molecule has 0 aliphatic carbocycles. The minimum atomic E-state index is -3.20. The van der Waals surface area contributed by atoms with E-state index in [1.807, 2.05) is 52.0 Å². The normalized spacial score (nSPS) is 20.4. The second-order valence-electron chi connectivity index (χ2n) is 17.5. The number of fused-ring (bicyclic) bond motifs is 1. The van der Waals surface area contributed by atoms with E-state index in [0.29, 0.717) is 89.0 Å². The molecule has 65 heavy (non-hydrogen) atoms. The van der Waals surface area contributed by atoms with Gasteiger partial charge in [0.15, 0.2) is 0 Å². The van der Waals surface area contributed by atoms with Crippen molar-refractivity contribution >= 4 is 60.2 Å². The van der Waals surface area contributed by atoms with E-state index in [9.17, 15) is 31.2 Å². The number of nitrogens with one attached hydrogen (secondary N) is 4. The molecule has 4 fully saturated rings. The number of imidazole rings is 1. The van der Waals surface area contributed by atoms with E-state index in [-0.39, 0.29) is 35.8 Å². The Morgan fingerprint density at radius 3 is 1.78 bits per heavy atom. The maximum absolute atomic E-state index is 12.8. The zero-order chi connectivity index (χ0) is 46.4. The molecule has 2 atom stereocenters. The Hall–Kier alpha value is -5.64. The number of anilines is 2. The molecule has 4 aliphatic rings. The fourth-order valence-electron chi connectivity index (χ4n) is 9.44. The lowest BCUT2D eigenvalue weighted by molar-refractivity contribution is -0.122. The van der Waals surface area contributed by atoms with Gasteiger partial charge in [-0.2, -0.15) is 0 Å². The second kappa shape index (κ2) is 18.3. The number of carbonyl (C=O) groups excluding carboxylic acids is 3. The average molecular weight is 933 g/mol. The van der Waals surface area contributed by atoms with Crippen LogP contribution in [0.4, 0.5) is 11.4 Å². The number of piperidine rings is 2. The van der Waals surface area contributed by atoms with Crippen LogP contribution in [0.3, 0.4) is 0 Å². The highest BCUT2D eigenvalue weighted by Gasteiger charge is 2.34. The summed E-state index contributed by atoms with van der Waals surface area (Å²) in [5, 5.41) is 20.3. The first-order valence-corrected chi connectivity index (χ1v) is 25.6. The summed E-state index contributed by atoms with van der Waals surface area (Å²) in [6.45, 7) is 9.38. The van der Waals surface area contributed by atoms with E-state index >= 15 is 0 Å². The lowest BCUT2D eigenvalue weighted by Gasteiger charge is -2.32. The molecule has 9 rings (SSSR count). The quantitative estimate of drug-likeness (QED) is 0.146. The van der Waals surface area contributed by atoms with E-state index < -0.39 is 26.1 Å². The first kappa shape index (κ1) is 45.9. The molecule has 4 aliphatic heterocycles. The summed E-state index contributed by atoms with van der Waals surface area (Å²) >= 11 is 0. The van der Waals surface area contributed by atoms with Crippen LogP contribution >= 0.6 is 0 Å². The van der Waals surface area contributed by atoms with Crippen LogP contribution in [0.2, 0.25) is 0 Å². The van der Waals surface area contributed by atoms with E-state index in [2.05, 4.69) is 48.3 Å². The fourth-order valence-corrected chi connectivity index (χ4v) is 11.2. The molecule has 3 amide bonds. The summed E-state index contributed by atoms with van der Waals surface area (Å²) in [5.74, 6) is 1.93. The molecule has 0 bridgehead atoms. The molecule has 3 aromatic heterocycles. The second-order valence-corrected chi connectivity index (χ2v) is 21.4. The molecule has 0 unspecified atom stereocenters. The minimum Gasteiger partial charge on any atom is -0.381 e. The number of hydrogen-bond donors (Lipinski definition) is 4. The number of hydrogen-bond acceptors (Lipinski definition) is 13. The van der Waals surface area contributed by atoms with Gasteiger partial charge in [0.1, 0.15) is 23.4 Å². The first-order chi connectivity index (χ1) is 30.8. The third-order valence-electron chi connectivity index (χ3n) is 12.8. The molecule has 2 aromatic carbocycles. The van der Waals surface area contributed by atoms with Crippen molar-refractivity contribution in [1.82, 2.24) is 39.1 Å². The number of carbonyl (C=O) groups is 3. The van der Waals surface area contributed by atoms with Crippen LogP contribution < -0.4 is 21.3 Å². The van der Waals surface area contributed by atoms with E-state index in [0.717, 1.165) is 61.9 Å². The summed E-state index contributed by atoms with van der Waals surface area (Å²) in [7, 11) is -6.40. The molecule has 19 nitrogen and oxygen atoms in total. The van der Waals surface area contributed by atoms with Crippen molar-refractivity contribution in [3.05, 3.63) is 65.1 Å². The van der Waals surface area contributed by atoms with Gasteiger partial charge in [-0.15, -0.1) is 0 Å². The standard InChI is InChI=1S/C22H29N5O5S.C22H27N5O4S/c1-13-21(14(2)32-26-13)15-4-5-17(23-16-8-10-27(11-9-16)33(3,30)31)19(12-15)25-22(29)18-6-7-20(28)24-18;1-13-21(14(2)31-25-13)15-4-6-19-18(12-15)24-22(17-5-7-20(28)23-17)27(19)16-8-10-26(11-9-16)32(3,29)30/h4-5,12,16,18,23H,6-11H2,1-3H3,(H,24,28)(H,25,29);4,6,12,16-17H,5,7-11H2,1-3H3,(H,23,28)/t18-;17-/m00/s1. The monoisotopic (exact) mass is 932 g/mol. The van der Waals surface area contributed by atoms with Gasteiger partial charge in [-0.1, -0.05) is 22.4 Å². The summed E-state index contributed by atoms with van der Waals surface area (Å²) in [4.78, 5) is 41.3. The van der Waals surface area contributed by atoms with Gasteiger partial charge in [-0.25, -0.2) is 30.4 Å². The lowest BCUT2D eigenvalue weighted by atomic mass is 10.0. The van der Waals surface area contributed by atoms with Gasteiger partial charge in [-0.3, -0.25) is 14.4 Å². The highest BCUT2D eigenvalue weighted by Crippen LogP contribution is 2.38. The molecule has 348 valence electrons. The van der Waals surface area contributed by atoms with Gasteiger partial charge < -0.3 is 34.9 Å². The summed E-state index contributed by atoms with van der Waals surface area (Å²) in [6, 6.07) is 11.4. The van der Waals surface area contributed by atoms with Crippen LogP contribution in [0.25, 0.3) is 33.3 Å². The minimum absolute atomic E-state index is 0.0388. The molecular formula is C44H56N10O9S2. The Bertz CT molecular complexity index is 2820. The Morgan fingerprint density at radius 1 is 0.708 bits per heavy atom. The highest BCUT2D eigenvalue weighted by atomic mass is 32.2. The number of aromatic nitrogens is 4. The Morgan fingerprint density at radius 2 is 1.26 bits per heavy atom. The largest absolute Gasteiger partial charge is 0.381 e. The zero-order valence-electron chi connectivity index (χ0n) is 37.4.